The fourth-order valence-electron chi connectivity index (χ4n) is 4.86. The van der Waals surface area contributed by atoms with Crippen LogP contribution in [-0.4, -0.2) is 51.5 Å². The Morgan fingerprint density at radius 1 is 0.812 bits per heavy atom. The highest BCUT2D eigenvalue weighted by atomic mass is 16.5. The first-order valence-corrected chi connectivity index (χ1v) is 11.8. The molecule has 1 aromatic rings. The molecule has 0 aromatic heterocycles. The number of aliphatic hydroxyl groups is 3. The van der Waals surface area contributed by atoms with Crippen LogP contribution < -0.4 is 0 Å². The molecule has 1 heterocycles. The van der Waals surface area contributed by atoms with E-state index in [0.717, 1.165) is 5.56 Å². The van der Waals surface area contributed by atoms with Gasteiger partial charge in [-0.1, -0.05) is 65.0 Å². The number of hydrogen-bond donors (Lipinski definition) is 3. The van der Waals surface area contributed by atoms with Crippen LogP contribution in [0.15, 0.2) is 30.3 Å². The normalized spacial score (nSPS) is 40.4. The Hall–Kier alpha value is -1.76. The van der Waals surface area contributed by atoms with Crippen LogP contribution in [0.1, 0.15) is 53.5 Å². The van der Waals surface area contributed by atoms with Crippen LogP contribution in [-0.2, 0) is 20.7 Å². The number of ketones is 1. The molecule has 32 heavy (non-hydrogen) atoms. The van der Waals surface area contributed by atoms with Crippen LogP contribution in [0.5, 0.6) is 0 Å². The smallest absolute Gasteiger partial charge is 0.311 e. The molecule has 3 N–H and O–H groups in total. The van der Waals surface area contributed by atoms with Gasteiger partial charge in [-0.05, 0) is 24.8 Å². The molecule has 0 spiro atoms. The number of Topliss-reactive ketones (excluding diaryl/α,β-unsaturated/α-hetero) is 1. The summed E-state index contributed by atoms with van der Waals surface area (Å²) in [6.45, 7) is 10.5. The zero-order valence-corrected chi connectivity index (χ0v) is 20.1. The van der Waals surface area contributed by atoms with Gasteiger partial charge in [0.1, 0.15) is 11.9 Å². The molecular formula is C26H40O6. The first kappa shape index (κ1) is 26.5. The second kappa shape index (κ2) is 11.4. The quantitative estimate of drug-likeness (QED) is 0.601. The molecule has 0 aliphatic carbocycles. The minimum Gasteiger partial charge on any atom is -0.461 e. The molecule has 6 nitrogen and oxygen atoms in total. The van der Waals surface area contributed by atoms with Gasteiger partial charge >= 0.3 is 5.97 Å². The molecule has 1 aliphatic heterocycles. The Morgan fingerprint density at radius 3 is 1.97 bits per heavy atom. The number of benzene rings is 1. The van der Waals surface area contributed by atoms with Gasteiger partial charge in [0, 0.05) is 30.1 Å². The molecule has 0 radical (unpaired) electrons. The minimum absolute atomic E-state index is 0.0770. The van der Waals surface area contributed by atoms with Gasteiger partial charge in [-0.15, -0.1) is 0 Å². The lowest BCUT2D eigenvalue weighted by Gasteiger charge is -2.36. The van der Waals surface area contributed by atoms with Crippen LogP contribution in [0.25, 0.3) is 0 Å². The van der Waals surface area contributed by atoms with Gasteiger partial charge in [0.05, 0.1) is 24.2 Å². The molecule has 0 unspecified atom stereocenters. The van der Waals surface area contributed by atoms with E-state index in [-0.39, 0.29) is 17.6 Å². The average Bonchev–Trinajstić information content (AvgIpc) is 2.79. The summed E-state index contributed by atoms with van der Waals surface area (Å²) in [5, 5.41) is 32.6. The fraction of sp³-hybridized carbons (Fsp3) is 0.692. The summed E-state index contributed by atoms with van der Waals surface area (Å²) in [7, 11) is 0. The minimum atomic E-state index is -1.09. The average molecular weight is 449 g/mol. The van der Waals surface area contributed by atoms with E-state index in [9.17, 15) is 24.9 Å². The predicted molar refractivity (Wildman–Crippen MR) is 123 cm³/mol. The lowest BCUT2D eigenvalue weighted by Crippen LogP contribution is -2.46. The van der Waals surface area contributed by atoms with Crippen molar-refractivity contribution in [3.8, 4) is 0 Å². The number of carbonyl (C=O) groups excluding carboxylic acids is 2. The van der Waals surface area contributed by atoms with Crippen molar-refractivity contribution in [3.63, 3.8) is 0 Å². The highest BCUT2D eigenvalue weighted by Gasteiger charge is 2.40. The lowest BCUT2D eigenvalue weighted by atomic mass is 9.77. The molecule has 1 aliphatic rings. The predicted octanol–water partition coefficient (Wildman–Crippen LogP) is 3.01. The van der Waals surface area contributed by atoms with E-state index in [1.165, 1.54) is 0 Å². The molecule has 1 fully saturated rings. The fourth-order valence-corrected chi connectivity index (χ4v) is 4.86. The van der Waals surface area contributed by atoms with Gasteiger partial charge in [0.2, 0.25) is 0 Å². The van der Waals surface area contributed by atoms with E-state index in [4.69, 9.17) is 4.74 Å². The third kappa shape index (κ3) is 6.18. The Labute approximate surface area is 192 Å². The summed E-state index contributed by atoms with van der Waals surface area (Å²) in [6.07, 6.45) is -2.80. The first-order chi connectivity index (χ1) is 15.0. The van der Waals surface area contributed by atoms with Gasteiger partial charge in [0.25, 0.3) is 0 Å². The van der Waals surface area contributed by atoms with Crippen LogP contribution in [0.4, 0.5) is 0 Å². The summed E-state index contributed by atoms with van der Waals surface area (Å²) >= 11 is 0. The van der Waals surface area contributed by atoms with Gasteiger partial charge in [-0.25, -0.2) is 0 Å². The van der Waals surface area contributed by atoms with E-state index < -0.39 is 54.1 Å². The van der Waals surface area contributed by atoms with Gasteiger partial charge < -0.3 is 20.1 Å². The third-order valence-electron chi connectivity index (χ3n) is 7.39. The van der Waals surface area contributed by atoms with Crippen molar-refractivity contribution in [1.82, 2.24) is 0 Å². The number of rotatable bonds is 2. The molecule has 1 aromatic carbocycles. The Balaban J connectivity index is 2.40. The molecule has 0 saturated carbocycles. The Bertz CT molecular complexity index is 750. The number of aliphatic hydroxyl groups excluding tert-OH is 3. The van der Waals surface area contributed by atoms with Crippen molar-refractivity contribution >= 4 is 11.8 Å². The lowest BCUT2D eigenvalue weighted by molar-refractivity contribution is -0.166. The summed E-state index contributed by atoms with van der Waals surface area (Å²) < 4.78 is 5.83. The van der Waals surface area contributed by atoms with Gasteiger partial charge in [-0.3, -0.25) is 9.59 Å². The van der Waals surface area contributed by atoms with Gasteiger partial charge in [0.15, 0.2) is 0 Å². The maximum absolute atomic E-state index is 13.1. The summed E-state index contributed by atoms with van der Waals surface area (Å²) in [5.74, 6) is -3.78. The second-order valence-electron chi connectivity index (χ2n) is 9.95. The largest absolute Gasteiger partial charge is 0.461 e. The summed E-state index contributed by atoms with van der Waals surface area (Å²) in [6, 6.07) is 9.53. The summed E-state index contributed by atoms with van der Waals surface area (Å²) in [4.78, 5) is 26.0. The molecule has 10 atom stereocenters. The van der Waals surface area contributed by atoms with E-state index in [1.807, 2.05) is 44.2 Å². The molecular weight excluding hydrogens is 408 g/mol. The molecule has 0 bridgehead atoms. The van der Waals surface area contributed by atoms with Crippen molar-refractivity contribution in [3.05, 3.63) is 35.9 Å². The number of esters is 1. The van der Waals surface area contributed by atoms with Crippen molar-refractivity contribution in [1.29, 1.82) is 0 Å². The van der Waals surface area contributed by atoms with Crippen molar-refractivity contribution in [2.24, 2.45) is 35.5 Å². The second-order valence-corrected chi connectivity index (χ2v) is 9.95. The molecule has 6 heteroatoms. The van der Waals surface area contributed by atoms with Crippen LogP contribution in [0, 0.1) is 35.5 Å². The van der Waals surface area contributed by atoms with E-state index >= 15 is 0 Å². The van der Waals surface area contributed by atoms with E-state index in [0.29, 0.717) is 12.8 Å². The third-order valence-corrected chi connectivity index (χ3v) is 7.39. The highest BCUT2D eigenvalue weighted by Crippen LogP contribution is 2.31. The Morgan fingerprint density at radius 2 is 1.38 bits per heavy atom. The van der Waals surface area contributed by atoms with E-state index in [2.05, 4.69) is 0 Å². The topological polar surface area (TPSA) is 104 Å². The highest BCUT2D eigenvalue weighted by molar-refractivity contribution is 5.83. The first-order valence-electron chi connectivity index (χ1n) is 11.8. The summed E-state index contributed by atoms with van der Waals surface area (Å²) in [5.41, 5.74) is 0.948. The maximum Gasteiger partial charge on any atom is 0.311 e. The van der Waals surface area contributed by atoms with Gasteiger partial charge in [-0.2, -0.15) is 0 Å². The van der Waals surface area contributed by atoms with E-state index in [1.54, 1.807) is 27.7 Å². The molecule has 1 saturated heterocycles. The number of hydrogen-bond acceptors (Lipinski definition) is 6. The monoisotopic (exact) mass is 448 g/mol. The van der Waals surface area contributed by atoms with Crippen molar-refractivity contribution in [2.45, 2.75) is 78.8 Å². The van der Waals surface area contributed by atoms with Crippen LogP contribution >= 0.6 is 0 Å². The molecule has 180 valence electrons. The van der Waals surface area contributed by atoms with Crippen LogP contribution in [0.3, 0.4) is 0 Å². The number of ether oxygens (including phenoxy) is 1. The van der Waals surface area contributed by atoms with Crippen LogP contribution in [0.2, 0.25) is 0 Å². The Kier molecular flexibility index (Phi) is 9.43. The zero-order chi connectivity index (χ0) is 24.2. The number of cyclic esters (lactones) is 1. The standard InChI is InChI=1S/C26H40O6/c1-14-12-15(2)23(28)18(5)25(30)19(6)26(31)32-21(13-20-10-8-7-9-11-20)16(3)24(29)17(4)22(14)27/h7-11,14-19,21,23-25,28-30H,12-13H2,1-6H3/t14-,15+,16+,17+,18-,19-,21-,23+,24+,25+/m1/s1. The molecule has 2 rings (SSSR count). The number of carbonyl (C=O) groups is 2. The molecule has 0 amide bonds. The maximum atomic E-state index is 13.1. The zero-order valence-electron chi connectivity index (χ0n) is 20.1. The van der Waals surface area contributed by atoms with Crippen molar-refractivity contribution in [2.75, 3.05) is 0 Å². The SMILES string of the molecule is C[C@@H]1[C@@H](O)[C@@H](C)C[C@@H](C)C(=O)[C@H](C)[C@@H](O)[C@@H](C)[C@@H](Cc2ccccc2)OC(=O)[C@H](C)[C@H]1O. The van der Waals surface area contributed by atoms with Crippen molar-refractivity contribution < 1.29 is 29.6 Å².